The number of carboxylic acids is 1. The second-order valence-corrected chi connectivity index (χ2v) is 7.11. The zero-order chi connectivity index (χ0) is 12.1. The lowest BCUT2D eigenvalue weighted by Crippen LogP contribution is -2.57. The van der Waals surface area contributed by atoms with Crippen LogP contribution in [0.3, 0.4) is 0 Å². The Kier molecular flexibility index (Phi) is 2.51. The van der Waals surface area contributed by atoms with E-state index in [0.717, 1.165) is 37.6 Å². The molecule has 4 saturated carbocycles. The molecule has 0 aliphatic heterocycles. The monoisotopic (exact) mass is 237 g/mol. The number of aliphatic carboxylic acids is 1. The van der Waals surface area contributed by atoms with Gasteiger partial charge in [0.05, 0.1) is 6.54 Å². The van der Waals surface area contributed by atoms with Gasteiger partial charge in [0.1, 0.15) is 0 Å². The molecule has 0 aromatic heterocycles. The highest BCUT2D eigenvalue weighted by atomic mass is 16.4. The lowest BCUT2D eigenvalue weighted by molar-refractivity contribution is -0.375. The molecule has 0 radical (unpaired) electrons. The van der Waals surface area contributed by atoms with Crippen molar-refractivity contribution in [2.75, 3.05) is 6.54 Å². The molecule has 0 heterocycles. The summed E-state index contributed by atoms with van der Waals surface area (Å²) >= 11 is 0. The van der Waals surface area contributed by atoms with Crippen molar-refractivity contribution in [1.82, 2.24) is 0 Å². The summed E-state index contributed by atoms with van der Waals surface area (Å²) in [6.45, 7) is 1.00. The van der Waals surface area contributed by atoms with Gasteiger partial charge in [-0.15, -0.1) is 0 Å². The maximum atomic E-state index is 11.0. The number of carboxylic acid groups (broad SMARTS) is 1. The van der Waals surface area contributed by atoms with Gasteiger partial charge in [0.15, 0.2) is 0 Å². The predicted octanol–water partition coefficient (Wildman–Crippen LogP) is 0.345. The molecule has 96 valence electrons. The van der Waals surface area contributed by atoms with Gasteiger partial charge in [0.25, 0.3) is 0 Å². The third kappa shape index (κ3) is 1.88. The van der Waals surface area contributed by atoms with Crippen molar-refractivity contribution >= 4 is 5.97 Å². The Morgan fingerprint density at radius 3 is 2.29 bits per heavy atom. The standard InChI is InChI=1S/C14H23NO2/c15-2-1-13-4-10-3-11(5-13)7-14(6-10,9-13)8-12(16)17/h10-11H,1-9,15H2,(H,16,17)/t10-,11+,13?,14?. The van der Waals surface area contributed by atoms with E-state index in [1.165, 1.54) is 25.7 Å². The fourth-order valence-corrected chi connectivity index (χ4v) is 5.83. The molecule has 4 aliphatic rings. The number of hydrogen-bond acceptors (Lipinski definition) is 2. The first kappa shape index (κ1) is 11.5. The van der Waals surface area contributed by atoms with Crippen molar-refractivity contribution in [3.8, 4) is 0 Å². The molecule has 4 atom stereocenters. The van der Waals surface area contributed by atoms with Crippen molar-refractivity contribution in [3.05, 3.63) is 0 Å². The second kappa shape index (κ2) is 3.71. The van der Waals surface area contributed by atoms with E-state index in [-0.39, 0.29) is 5.41 Å². The second-order valence-electron chi connectivity index (χ2n) is 7.11. The van der Waals surface area contributed by atoms with E-state index in [9.17, 15) is 9.90 Å². The largest absolute Gasteiger partial charge is 0.550 e. The van der Waals surface area contributed by atoms with Crippen LogP contribution in [0.5, 0.6) is 0 Å². The minimum atomic E-state index is -0.836. The highest BCUT2D eigenvalue weighted by molar-refractivity contribution is 5.65. The summed E-state index contributed by atoms with van der Waals surface area (Å²) in [6, 6.07) is 0. The van der Waals surface area contributed by atoms with Crippen LogP contribution in [0.15, 0.2) is 0 Å². The quantitative estimate of drug-likeness (QED) is 0.766. The minimum absolute atomic E-state index is 0.0953. The lowest BCUT2D eigenvalue weighted by Gasteiger charge is -2.62. The van der Waals surface area contributed by atoms with Gasteiger partial charge in [0, 0.05) is 12.4 Å². The molecule has 0 amide bonds. The molecule has 4 rings (SSSR count). The fourth-order valence-electron chi connectivity index (χ4n) is 5.83. The van der Waals surface area contributed by atoms with Crippen LogP contribution in [-0.4, -0.2) is 12.5 Å². The van der Waals surface area contributed by atoms with Crippen LogP contribution in [0.2, 0.25) is 0 Å². The lowest BCUT2D eigenvalue weighted by atomic mass is 9.43. The van der Waals surface area contributed by atoms with Gasteiger partial charge < -0.3 is 15.6 Å². The van der Waals surface area contributed by atoms with E-state index < -0.39 is 5.97 Å². The third-order valence-corrected chi connectivity index (χ3v) is 5.53. The Balaban J connectivity index is 1.86. The average Bonchev–Trinajstić information content (AvgIpc) is 2.11. The highest BCUT2D eigenvalue weighted by Crippen LogP contribution is 2.67. The zero-order valence-electron chi connectivity index (χ0n) is 10.5. The topological polar surface area (TPSA) is 67.8 Å². The average molecular weight is 237 g/mol. The zero-order valence-corrected chi connectivity index (χ0v) is 10.5. The van der Waals surface area contributed by atoms with E-state index >= 15 is 0 Å². The smallest absolute Gasteiger partial charge is 0.0745 e. The molecule has 3 N–H and O–H groups in total. The predicted molar refractivity (Wildman–Crippen MR) is 61.5 cm³/mol. The first-order chi connectivity index (χ1) is 8.05. The number of hydrogen-bond donors (Lipinski definition) is 1. The van der Waals surface area contributed by atoms with Gasteiger partial charge in [-0.25, -0.2) is 0 Å². The molecule has 0 aromatic carbocycles. The van der Waals surface area contributed by atoms with Crippen LogP contribution in [0.1, 0.15) is 51.4 Å². The van der Waals surface area contributed by atoms with Gasteiger partial charge in [0.2, 0.25) is 0 Å². The van der Waals surface area contributed by atoms with Crippen LogP contribution >= 0.6 is 0 Å². The first-order valence-corrected chi connectivity index (χ1v) is 7.04. The molecule has 4 fully saturated rings. The van der Waals surface area contributed by atoms with Gasteiger partial charge in [-0.1, -0.05) is 0 Å². The number of carbonyl (C=O) groups excluding carboxylic acids is 1. The summed E-state index contributed by atoms with van der Waals surface area (Å²) in [4.78, 5) is 11.0. The Morgan fingerprint density at radius 2 is 1.76 bits per heavy atom. The van der Waals surface area contributed by atoms with Crippen molar-refractivity contribution in [3.63, 3.8) is 0 Å². The molecule has 3 nitrogen and oxygen atoms in total. The van der Waals surface area contributed by atoms with Crippen molar-refractivity contribution in [2.45, 2.75) is 51.4 Å². The number of rotatable bonds is 4. The summed E-state index contributed by atoms with van der Waals surface area (Å²) in [7, 11) is 0. The summed E-state index contributed by atoms with van der Waals surface area (Å²) in [5.74, 6) is 0.751. The first-order valence-electron chi connectivity index (χ1n) is 7.04. The van der Waals surface area contributed by atoms with E-state index in [1.807, 2.05) is 0 Å². The Hall–Kier alpha value is -0.570. The normalized spacial score (nSPS) is 47.4. The van der Waals surface area contributed by atoms with E-state index in [1.54, 1.807) is 0 Å². The fraction of sp³-hybridized carbons (Fsp3) is 0.929. The van der Waals surface area contributed by atoms with Crippen LogP contribution in [0, 0.1) is 22.7 Å². The SMILES string of the molecule is [NH3+]CCC12C[C@H]3C[C@@H](C1)CC(CC(=O)[O-])(C3)C2. The maximum Gasteiger partial charge on any atom is 0.0745 e. The molecular weight excluding hydrogens is 214 g/mol. The van der Waals surface area contributed by atoms with Crippen molar-refractivity contribution in [2.24, 2.45) is 22.7 Å². The Labute approximate surface area is 103 Å². The molecule has 0 saturated heterocycles. The van der Waals surface area contributed by atoms with Crippen LogP contribution in [0.4, 0.5) is 0 Å². The minimum Gasteiger partial charge on any atom is -0.550 e. The van der Waals surface area contributed by atoms with E-state index in [4.69, 9.17) is 0 Å². The number of quaternary nitrogens is 1. The van der Waals surface area contributed by atoms with Crippen molar-refractivity contribution < 1.29 is 15.6 Å². The summed E-state index contributed by atoms with van der Waals surface area (Å²) in [5.41, 5.74) is 4.56. The maximum absolute atomic E-state index is 11.0. The molecule has 17 heavy (non-hydrogen) atoms. The molecule has 4 bridgehead atoms. The van der Waals surface area contributed by atoms with E-state index in [2.05, 4.69) is 5.73 Å². The molecule has 0 aromatic rings. The van der Waals surface area contributed by atoms with Crippen LogP contribution in [0.25, 0.3) is 0 Å². The summed E-state index contributed by atoms with van der Waals surface area (Å²) < 4.78 is 0. The molecular formula is C14H23NO2. The number of carbonyl (C=O) groups is 1. The van der Waals surface area contributed by atoms with E-state index in [0.29, 0.717) is 11.8 Å². The Morgan fingerprint density at radius 1 is 1.18 bits per heavy atom. The molecule has 2 unspecified atom stereocenters. The van der Waals surface area contributed by atoms with Gasteiger partial charge in [-0.2, -0.15) is 0 Å². The highest BCUT2D eigenvalue weighted by Gasteiger charge is 2.57. The van der Waals surface area contributed by atoms with Crippen LogP contribution in [-0.2, 0) is 4.79 Å². The third-order valence-electron chi connectivity index (χ3n) is 5.53. The van der Waals surface area contributed by atoms with Crippen LogP contribution < -0.4 is 10.8 Å². The van der Waals surface area contributed by atoms with Gasteiger partial charge >= 0.3 is 0 Å². The summed E-state index contributed by atoms with van der Waals surface area (Å²) in [5, 5.41) is 11.0. The molecule has 3 heteroatoms. The molecule has 0 spiro atoms. The van der Waals surface area contributed by atoms with Gasteiger partial charge in [-0.05, 0) is 67.6 Å². The summed E-state index contributed by atoms with van der Waals surface area (Å²) in [6.07, 6.45) is 8.98. The Bertz CT molecular complexity index is 325. The van der Waals surface area contributed by atoms with Gasteiger partial charge in [-0.3, -0.25) is 0 Å². The molecule has 4 aliphatic carbocycles. The van der Waals surface area contributed by atoms with Crippen molar-refractivity contribution in [1.29, 1.82) is 0 Å².